The first-order valence-corrected chi connectivity index (χ1v) is 28.2. The standard InChI is InChI=1S/C57H79N17O11/c1-33(75)74-30-44(72-55(84)46(74)22-13-25-65-57(61)62)53(82)71-43-28-47(76)63-23-11-10-20-39(48(58)77)67-51(80)42(27-36-29-66-38-19-9-8-18-37(36)38)70-49(78)40(21-12-24-64-56(59)60)68-50(79)41(26-34-14-4-2-5-15-34)69-54(83)45(73-52(43)81)32-85-31-35-16-6-3-7-17-35/h2-9,14-19,29,39-46,50,66,68,79H,10-13,20-28,30-32H2,1H3,(H2,58,77)(H,63,76)(H,67,80)(H,69,83)(H,70,78)(H,71,82)(H,72,84)(H,73,81)(H4,59,60,64)(H4,61,62,65)/t39-,40-,41+,42-,43-,44+,45-,46-,50?/m0/s1. The van der Waals surface area contributed by atoms with Crippen molar-refractivity contribution in [3.8, 4) is 0 Å². The van der Waals surface area contributed by atoms with Crippen LogP contribution in [-0.2, 0) is 67.3 Å². The number of para-hydroxylation sites is 1. The van der Waals surface area contributed by atoms with Crippen molar-refractivity contribution in [1.29, 1.82) is 0 Å². The molecule has 2 aliphatic heterocycles. The Morgan fingerprint density at radius 3 is 1.96 bits per heavy atom. The predicted octanol–water partition coefficient (Wildman–Crippen LogP) is -3.13. The number of amides is 9. The number of nitrogens with two attached hydrogens (primary N) is 5. The quantitative estimate of drug-likeness (QED) is 0.0251. The number of nitrogens with zero attached hydrogens (tertiary/aromatic N) is 3. The van der Waals surface area contributed by atoms with Crippen LogP contribution in [0.3, 0.4) is 0 Å². The molecular weight excluding hydrogens is 1100 g/mol. The van der Waals surface area contributed by atoms with Gasteiger partial charge in [-0.15, -0.1) is 0 Å². The van der Waals surface area contributed by atoms with E-state index in [0.29, 0.717) is 23.1 Å². The van der Waals surface area contributed by atoms with E-state index in [-0.39, 0.29) is 96.1 Å². The van der Waals surface area contributed by atoms with Crippen molar-refractivity contribution in [2.75, 3.05) is 32.8 Å². The summed E-state index contributed by atoms with van der Waals surface area (Å²) in [7, 11) is 0. The molecular formula is C57H79N17O11. The number of benzene rings is 3. The van der Waals surface area contributed by atoms with Crippen molar-refractivity contribution in [1.82, 2.24) is 52.4 Å². The summed E-state index contributed by atoms with van der Waals surface area (Å²) in [6.45, 7) is 0.628. The van der Waals surface area contributed by atoms with Gasteiger partial charge in [0.25, 0.3) is 0 Å². The van der Waals surface area contributed by atoms with Crippen LogP contribution in [0.1, 0.15) is 75.0 Å². The topological polar surface area (TPSA) is 453 Å². The van der Waals surface area contributed by atoms with Crippen LogP contribution in [0.15, 0.2) is 101 Å². The molecule has 0 bridgehead atoms. The maximum atomic E-state index is 14.9. The van der Waals surface area contributed by atoms with E-state index in [2.05, 4.69) is 57.5 Å². The van der Waals surface area contributed by atoms with Gasteiger partial charge < -0.3 is 85.6 Å². The van der Waals surface area contributed by atoms with Gasteiger partial charge in [-0.25, -0.2) is 0 Å². The molecule has 2 aliphatic rings. The molecule has 20 N–H and O–H groups in total. The van der Waals surface area contributed by atoms with Gasteiger partial charge >= 0.3 is 0 Å². The van der Waals surface area contributed by atoms with E-state index in [9.17, 15) is 48.3 Å². The number of piperazine rings is 1. The molecule has 2 saturated heterocycles. The summed E-state index contributed by atoms with van der Waals surface area (Å²) in [6, 6.07) is 14.2. The number of guanidine groups is 2. The number of rotatable bonds is 19. The average molecular weight is 1180 g/mol. The Bertz CT molecular complexity index is 2990. The van der Waals surface area contributed by atoms with Gasteiger partial charge in [0.05, 0.1) is 38.3 Å². The third kappa shape index (κ3) is 20.6. The maximum Gasteiger partial charge on any atom is 0.245 e. The molecule has 458 valence electrons. The van der Waals surface area contributed by atoms with Crippen molar-refractivity contribution >= 4 is 76.0 Å². The van der Waals surface area contributed by atoms with E-state index in [1.165, 1.54) is 11.8 Å². The molecule has 85 heavy (non-hydrogen) atoms. The van der Waals surface area contributed by atoms with Gasteiger partial charge in [-0.3, -0.25) is 58.5 Å². The minimum atomic E-state index is -1.75. The monoisotopic (exact) mass is 1180 g/mol. The van der Waals surface area contributed by atoms with Crippen molar-refractivity contribution in [3.63, 3.8) is 0 Å². The Balaban J connectivity index is 1.35. The molecule has 28 heteroatoms. The SMILES string of the molecule is CC(=O)N1C[C@H](C(=O)N[C@H]2CC(=O)NCCCC[C@@H](C(N)=O)NC(=O)[C@H](Cc3c[nH]c4ccccc34)NC(=O)[C@H](CCCN=C(N)N)NC(O)[C@@H](Cc3ccccc3)NC(=O)[C@H](COCc3ccccc3)NC2=O)NC(=O)[C@@H]1CCCN=C(N)N. The zero-order valence-corrected chi connectivity index (χ0v) is 47.4. The minimum Gasteiger partial charge on any atom is -0.376 e. The Morgan fingerprint density at radius 2 is 1.29 bits per heavy atom. The predicted molar refractivity (Wildman–Crippen MR) is 314 cm³/mol. The van der Waals surface area contributed by atoms with Gasteiger partial charge in [0.1, 0.15) is 42.5 Å². The minimum absolute atomic E-state index is 0.00598. The highest BCUT2D eigenvalue weighted by molar-refractivity contribution is 5.99. The number of nitrogens with one attached hydrogen (secondary N) is 9. The van der Waals surface area contributed by atoms with Crippen LogP contribution in [-0.4, -0.2) is 167 Å². The van der Waals surface area contributed by atoms with E-state index >= 15 is 0 Å². The number of aliphatic hydroxyl groups excluding tert-OH is 1. The summed E-state index contributed by atoms with van der Waals surface area (Å²) in [5, 5.41) is 34.9. The fraction of sp³-hybridized carbons (Fsp3) is 0.456. The second-order valence-electron chi connectivity index (χ2n) is 20.9. The summed E-state index contributed by atoms with van der Waals surface area (Å²) in [5.41, 5.74) is 30.7. The summed E-state index contributed by atoms with van der Waals surface area (Å²) >= 11 is 0. The number of aromatic amines is 1. The molecule has 3 heterocycles. The molecule has 1 unspecified atom stereocenters. The van der Waals surface area contributed by atoms with E-state index in [1.54, 1.807) is 66.9 Å². The van der Waals surface area contributed by atoms with Crippen molar-refractivity contribution in [2.45, 2.75) is 132 Å². The molecule has 4 aromatic rings. The van der Waals surface area contributed by atoms with Gasteiger partial charge in [-0.05, 0) is 74.1 Å². The zero-order chi connectivity index (χ0) is 61.4. The number of ether oxygens (including phenoxy) is 1. The largest absolute Gasteiger partial charge is 0.376 e. The van der Waals surface area contributed by atoms with Gasteiger partial charge in [-0.2, -0.15) is 0 Å². The lowest BCUT2D eigenvalue weighted by Crippen LogP contribution is -2.66. The number of hydrogen-bond donors (Lipinski definition) is 15. The zero-order valence-electron chi connectivity index (χ0n) is 47.4. The molecule has 3 aromatic carbocycles. The molecule has 9 amide bonds. The number of aliphatic imine (C=N–C) groups is 2. The number of aromatic nitrogens is 1. The summed E-state index contributed by atoms with van der Waals surface area (Å²) in [6.07, 6.45) is 0.203. The molecule has 2 fully saturated rings. The number of hydrogen-bond acceptors (Lipinski definition) is 14. The fourth-order valence-electron chi connectivity index (χ4n) is 9.89. The number of aliphatic hydroxyl groups is 1. The highest BCUT2D eigenvalue weighted by Crippen LogP contribution is 2.21. The van der Waals surface area contributed by atoms with Gasteiger partial charge in [0.15, 0.2) is 11.9 Å². The van der Waals surface area contributed by atoms with E-state index < -0.39 is 121 Å². The number of carbonyl (C=O) groups excluding carboxylic acids is 9. The Morgan fingerprint density at radius 1 is 0.682 bits per heavy atom. The molecule has 9 atom stereocenters. The van der Waals surface area contributed by atoms with E-state index in [0.717, 1.165) is 10.9 Å². The number of fused-ring (bicyclic) bond motifs is 1. The van der Waals surface area contributed by atoms with Crippen LogP contribution in [0.25, 0.3) is 10.9 Å². The molecule has 0 radical (unpaired) electrons. The van der Waals surface area contributed by atoms with Gasteiger partial charge in [0, 0.05) is 50.1 Å². The average Bonchev–Trinajstić information content (AvgIpc) is 4.07. The molecule has 1 aromatic heterocycles. The lowest BCUT2D eigenvalue weighted by molar-refractivity contribution is -0.146. The lowest BCUT2D eigenvalue weighted by Gasteiger charge is -2.38. The molecule has 6 rings (SSSR count). The first-order chi connectivity index (χ1) is 40.8. The van der Waals surface area contributed by atoms with Gasteiger partial charge in [0.2, 0.25) is 53.2 Å². The molecule has 28 nitrogen and oxygen atoms in total. The lowest BCUT2D eigenvalue weighted by atomic mass is 10.0. The molecule has 0 saturated carbocycles. The van der Waals surface area contributed by atoms with Crippen LogP contribution in [0, 0.1) is 0 Å². The first kappa shape index (κ1) is 65.0. The highest BCUT2D eigenvalue weighted by Gasteiger charge is 2.41. The van der Waals surface area contributed by atoms with E-state index in [4.69, 9.17) is 33.4 Å². The summed E-state index contributed by atoms with van der Waals surface area (Å²) in [5.74, 6) is -7.53. The number of carbonyl (C=O) groups is 9. The molecule has 0 aliphatic carbocycles. The maximum absolute atomic E-state index is 14.9. The number of primary amides is 1. The third-order valence-electron chi connectivity index (χ3n) is 14.4. The van der Waals surface area contributed by atoms with Crippen LogP contribution in [0.2, 0.25) is 0 Å². The van der Waals surface area contributed by atoms with Crippen molar-refractivity contribution in [3.05, 3.63) is 108 Å². The van der Waals surface area contributed by atoms with Crippen molar-refractivity contribution in [2.24, 2.45) is 38.7 Å². The van der Waals surface area contributed by atoms with Crippen LogP contribution < -0.4 is 71.2 Å². The van der Waals surface area contributed by atoms with Gasteiger partial charge in [-0.1, -0.05) is 78.9 Å². The third-order valence-corrected chi connectivity index (χ3v) is 14.4. The van der Waals surface area contributed by atoms with Crippen molar-refractivity contribution < 1.29 is 53.0 Å². The Kier molecular flexibility index (Phi) is 25.0. The summed E-state index contributed by atoms with van der Waals surface area (Å²) < 4.78 is 6.02. The smallest absolute Gasteiger partial charge is 0.245 e. The Labute approximate surface area is 491 Å². The fourth-order valence-corrected chi connectivity index (χ4v) is 9.89. The normalized spacial score (nSPS) is 23.4. The van der Waals surface area contributed by atoms with E-state index in [1.807, 2.05) is 24.3 Å². The van der Waals surface area contributed by atoms with Crippen LogP contribution in [0.5, 0.6) is 0 Å². The first-order valence-electron chi connectivity index (χ1n) is 28.2. The highest BCUT2D eigenvalue weighted by atomic mass is 16.5. The van der Waals surface area contributed by atoms with Crippen LogP contribution in [0.4, 0.5) is 0 Å². The van der Waals surface area contributed by atoms with Crippen LogP contribution >= 0.6 is 0 Å². The second-order valence-corrected chi connectivity index (χ2v) is 20.9. The summed E-state index contributed by atoms with van der Waals surface area (Å²) in [4.78, 5) is 139. The number of H-pyrrole nitrogens is 1. The molecule has 0 spiro atoms. The Hall–Kier alpha value is -9.15. The second kappa shape index (κ2) is 32.6.